The summed E-state index contributed by atoms with van der Waals surface area (Å²) in [6, 6.07) is 13.0. The summed E-state index contributed by atoms with van der Waals surface area (Å²) in [4.78, 5) is 32.9. The fraction of sp³-hybridized carbons (Fsp3) is 0.324. The molecule has 246 valence electrons. The van der Waals surface area contributed by atoms with Gasteiger partial charge in [0.05, 0.1) is 22.6 Å². The highest BCUT2D eigenvalue weighted by Crippen LogP contribution is 2.31. The van der Waals surface area contributed by atoms with Crippen LogP contribution in [0.1, 0.15) is 44.2 Å². The van der Waals surface area contributed by atoms with Crippen LogP contribution in [0.3, 0.4) is 0 Å². The molecule has 0 saturated heterocycles. The average Bonchev–Trinajstić information content (AvgIpc) is 3.46. The summed E-state index contributed by atoms with van der Waals surface area (Å²) in [6.07, 6.45) is 10.2. The Labute approximate surface area is 277 Å². The van der Waals surface area contributed by atoms with E-state index in [1.165, 1.54) is 4.57 Å². The first kappa shape index (κ1) is 33.6. The number of guanidine groups is 1. The second-order valence-corrected chi connectivity index (χ2v) is 12.3. The van der Waals surface area contributed by atoms with Crippen LogP contribution in [0.5, 0.6) is 0 Å². The highest BCUT2D eigenvalue weighted by molar-refractivity contribution is 6.31. The molecule has 11 nitrogen and oxygen atoms in total. The number of rotatable bonds is 15. The minimum atomic E-state index is -0.506. The van der Waals surface area contributed by atoms with E-state index in [1.54, 1.807) is 36.9 Å². The molecule has 0 aliphatic rings. The summed E-state index contributed by atoms with van der Waals surface area (Å²) in [6.45, 7) is 6.01. The van der Waals surface area contributed by atoms with Gasteiger partial charge in [0, 0.05) is 55.2 Å². The zero-order chi connectivity index (χ0) is 33.3. The van der Waals surface area contributed by atoms with Gasteiger partial charge in [0.2, 0.25) is 0 Å². The monoisotopic (exact) mass is 658 g/mol. The Balaban J connectivity index is 1.29. The lowest BCUT2D eigenvalue weighted by molar-refractivity contribution is 0.502. The van der Waals surface area contributed by atoms with E-state index < -0.39 is 11.5 Å². The summed E-state index contributed by atoms with van der Waals surface area (Å²) in [5.41, 5.74) is 14.4. The van der Waals surface area contributed by atoms with E-state index in [9.17, 15) is 4.79 Å². The first-order valence-corrected chi connectivity index (χ1v) is 16.0. The highest BCUT2D eigenvalue weighted by Gasteiger charge is 2.16. The van der Waals surface area contributed by atoms with Crippen molar-refractivity contribution in [1.82, 2.24) is 29.8 Å². The third kappa shape index (κ3) is 9.14. The second kappa shape index (κ2) is 15.7. The summed E-state index contributed by atoms with van der Waals surface area (Å²) < 4.78 is 16.6. The average molecular weight is 659 g/mol. The standard InChI is InChI=1S/C34H40ClFN10O/c1-21(2)4-3-5-23-14-27(31(36)28(35)15-23)29-16-24-20-46(34(47)45-32(24)44-29)26-8-6-22(7-9-26)17-42-25(10-11-41-33(37)38)18-43-30-19-39-12-13-40-30/h6-9,12-16,19-21,25,42H,3-5,10-11,17-18H2,1-2H3,(H,40,43)(H4,37,38,41)(H,44,45,47)/t25-/m1/s1. The topological polar surface area (TPSA) is 165 Å². The van der Waals surface area contributed by atoms with Crippen molar-refractivity contribution in [2.24, 2.45) is 22.4 Å². The molecule has 13 heteroatoms. The summed E-state index contributed by atoms with van der Waals surface area (Å²) >= 11 is 6.28. The van der Waals surface area contributed by atoms with Crippen LogP contribution in [0, 0.1) is 11.7 Å². The molecule has 0 amide bonds. The number of nitrogens with zero attached hydrogens (tertiary/aromatic N) is 5. The number of nitrogens with one attached hydrogen (secondary N) is 3. The molecule has 5 rings (SSSR count). The maximum atomic E-state index is 15.2. The molecule has 1 atom stereocenters. The normalized spacial score (nSPS) is 12.0. The number of benzene rings is 2. The Hall–Kier alpha value is -4.81. The number of fused-ring (bicyclic) bond motifs is 1. The van der Waals surface area contributed by atoms with Crippen LogP contribution in [0.4, 0.5) is 10.2 Å². The van der Waals surface area contributed by atoms with Crippen molar-refractivity contribution in [2.45, 2.75) is 52.1 Å². The third-order valence-corrected chi connectivity index (χ3v) is 8.08. The van der Waals surface area contributed by atoms with Gasteiger partial charge in [-0.1, -0.05) is 44.0 Å². The third-order valence-electron chi connectivity index (χ3n) is 7.81. The highest BCUT2D eigenvalue weighted by atomic mass is 35.5. The van der Waals surface area contributed by atoms with Crippen molar-refractivity contribution in [3.8, 4) is 16.9 Å². The zero-order valence-corrected chi connectivity index (χ0v) is 27.3. The van der Waals surface area contributed by atoms with Crippen molar-refractivity contribution < 1.29 is 4.39 Å². The maximum Gasteiger partial charge on any atom is 0.354 e. The largest absolute Gasteiger partial charge is 0.370 e. The van der Waals surface area contributed by atoms with E-state index >= 15 is 4.39 Å². The fourth-order valence-electron chi connectivity index (χ4n) is 5.30. The smallest absolute Gasteiger partial charge is 0.354 e. The SMILES string of the molecule is CC(C)CCCc1cc(Cl)c(F)c(-c2cc3cn(-c4ccc(CN[C@H](CCN=C(N)N)CNc5cnccn5)cc4)c(=O)nc3[nH]2)c1. The molecule has 0 radical (unpaired) electrons. The van der Waals surface area contributed by atoms with E-state index in [1.807, 2.05) is 30.3 Å². The zero-order valence-electron chi connectivity index (χ0n) is 26.5. The molecule has 0 saturated carbocycles. The van der Waals surface area contributed by atoms with Gasteiger partial charge < -0.3 is 27.1 Å². The molecule has 3 aromatic heterocycles. The minimum absolute atomic E-state index is 0.0391. The van der Waals surface area contributed by atoms with E-state index in [-0.39, 0.29) is 17.0 Å². The lowest BCUT2D eigenvalue weighted by Gasteiger charge is -2.19. The number of aromatic nitrogens is 5. The number of anilines is 1. The van der Waals surface area contributed by atoms with Crippen molar-refractivity contribution in [3.05, 3.63) is 99.7 Å². The van der Waals surface area contributed by atoms with E-state index in [0.29, 0.717) is 65.8 Å². The summed E-state index contributed by atoms with van der Waals surface area (Å²) in [5.74, 6) is 0.817. The Morgan fingerprint density at radius 3 is 2.64 bits per heavy atom. The Bertz CT molecular complexity index is 1870. The van der Waals surface area contributed by atoms with E-state index in [2.05, 4.69) is 49.4 Å². The van der Waals surface area contributed by atoms with Gasteiger partial charge in [-0.2, -0.15) is 4.98 Å². The quantitative estimate of drug-likeness (QED) is 0.0759. The van der Waals surface area contributed by atoms with Crippen LogP contribution >= 0.6 is 11.6 Å². The van der Waals surface area contributed by atoms with Crippen LogP contribution in [-0.4, -0.2) is 49.6 Å². The van der Waals surface area contributed by atoms with Gasteiger partial charge in [0.15, 0.2) is 11.8 Å². The Kier molecular flexibility index (Phi) is 11.2. The molecule has 7 N–H and O–H groups in total. The molecule has 0 fully saturated rings. The van der Waals surface area contributed by atoms with E-state index in [0.717, 1.165) is 30.4 Å². The van der Waals surface area contributed by atoms with Gasteiger partial charge in [-0.05, 0) is 66.6 Å². The lowest BCUT2D eigenvalue weighted by atomic mass is 10.00. The molecule has 0 bridgehead atoms. The summed E-state index contributed by atoms with van der Waals surface area (Å²) in [7, 11) is 0. The van der Waals surface area contributed by atoms with Gasteiger partial charge in [-0.25, -0.2) is 14.2 Å². The summed E-state index contributed by atoms with van der Waals surface area (Å²) in [5, 5.41) is 7.56. The predicted molar refractivity (Wildman–Crippen MR) is 186 cm³/mol. The van der Waals surface area contributed by atoms with Gasteiger partial charge in [0.1, 0.15) is 11.5 Å². The maximum absolute atomic E-state index is 15.2. The minimum Gasteiger partial charge on any atom is -0.370 e. The van der Waals surface area contributed by atoms with Gasteiger partial charge in [-0.3, -0.25) is 14.5 Å². The molecule has 2 aromatic carbocycles. The predicted octanol–water partition coefficient (Wildman–Crippen LogP) is 5.18. The number of aliphatic imine (C=N–C) groups is 1. The first-order valence-electron chi connectivity index (χ1n) is 15.6. The van der Waals surface area contributed by atoms with Crippen molar-refractivity contribution >= 4 is 34.4 Å². The fourth-order valence-corrected chi connectivity index (χ4v) is 5.55. The number of aryl methyl sites for hydroxylation is 1. The van der Waals surface area contributed by atoms with Crippen molar-refractivity contribution in [2.75, 3.05) is 18.4 Å². The number of hydrogen-bond donors (Lipinski definition) is 5. The number of H-pyrrole nitrogens is 1. The number of hydrogen-bond acceptors (Lipinski definition) is 7. The second-order valence-electron chi connectivity index (χ2n) is 11.9. The Morgan fingerprint density at radius 1 is 1.11 bits per heavy atom. The van der Waals surface area contributed by atoms with Crippen molar-refractivity contribution in [3.63, 3.8) is 0 Å². The molecular formula is C34H40ClFN10O. The Morgan fingerprint density at radius 2 is 1.91 bits per heavy atom. The molecule has 3 heterocycles. The van der Waals surface area contributed by atoms with Gasteiger partial charge >= 0.3 is 5.69 Å². The number of nitrogens with two attached hydrogens (primary N) is 2. The molecule has 47 heavy (non-hydrogen) atoms. The van der Waals surface area contributed by atoms with Gasteiger partial charge in [-0.15, -0.1) is 0 Å². The van der Waals surface area contributed by atoms with Crippen LogP contribution in [0.15, 0.2) is 77.0 Å². The molecule has 5 aromatic rings. The number of aromatic amines is 1. The molecule has 0 unspecified atom stereocenters. The molecule has 0 aliphatic heterocycles. The van der Waals surface area contributed by atoms with Crippen molar-refractivity contribution in [1.29, 1.82) is 0 Å². The van der Waals surface area contributed by atoms with Crippen LogP contribution < -0.4 is 27.8 Å². The van der Waals surface area contributed by atoms with Crippen LogP contribution in [-0.2, 0) is 13.0 Å². The first-order chi connectivity index (χ1) is 22.7. The van der Waals surface area contributed by atoms with E-state index in [4.69, 9.17) is 23.1 Å². The molecule has 0 spiro atoms. The van der Waals surface area contributed by atoms with Crippen LogP contribution in [0.25, 0.3) is 28.0 Å². The molecular weight excluding hydrogens is 619 g/mol. The lowest BCUT2D eigenvalue weighted by Crippen LogP contribution is -2.36. The molecule has 0 aliphatic carbocycles. The van der Waals surface area contributed by atoms with Crippen LogP contribution in [0.2, 0.25) is 5.02 Å². The van der Waals surface area contributed by atoms with Gasteiger partial charge in [0.25, 0.3) is 0 Å². The number of halogens is 2.